The van der Waals surface area contributed by atoms with Crippen LogP contribution in [-0.2, 0) is 17.8 Å². The van der Waals surface area contributed by atoms with Crippen molar-refractivity contribution in [3.63, 3.8) is 0 Å². The van der Waals surface area contributed by atoms with E-state index in [4.69, 9.17) is 0 Å². The van der Waals surface area contributed by atoms with Crippen LogP contribution < -0.4 is 5.32 Å². The number of alkyl halides is 1. The highest BCUT2D eigenvalue weighted by Gasteiger charge is 2.25. The molecule has 0 spiro atoms. The van der Waals surface area contributed by atoms with Crippen molar-refractivity contribution >= 4 is 21.8 Å². The number of carbonyl (C=O) groups excluding carboxylic acids is 1. The number of carbonyl (C=O) groups is 1. The van der Waals surface area contributed by atoms with E-state index in [1.165, 1.54) is 0 Å². The summed E-state index contributed by atoms with van der Waals surface area (Å²) >= 11 is 3.41. The van der Waals surface area contributed by atoms with Crippen LogP contribution in [-0.4, -0.2) is 25.5 Å². The summed E-state index contributed by atoms with van der Waals surface area (Å²) in [5.74, 6) is 2.17. The first kappa shape index (κ1) is 13.5. The lowest BCUT2D eigenvalue weighted by atomic mass is 10.1. The van der Waals surface area contributed by atoms with Crippen molar-refractivity contribution in [3.8, 4) is 0 Å². The van der Waals surface area contributed by atoms with Gasteiger partial charge in [0, 0.05) is 13.0 Å². The maximum Gasteiger partial charge on any atom is 0.234 e. The molecule has 1 aliphatic heterocycles. The number of aromatic nitrogens is 3. The summed E-state index contributed by atoms with van der Waals surface area (Å²) in [6, 6.07) is -0.101. The van der Waals surface area contributed by atoms with E-state index in [9.17, 15) is 4.79 Å². The Morgan fingerprint density at radius 3 is 2.78 bits per heavy atom. The van der Waals surface area contributed by atoms with E-state index in [-0.39, 0.29) is 22.7 Å². The van der Waals surface area contributed by atoms with Gasteiger partial charge in [-0.1, -0.05) is 29.8 Å². The number of nitrogens with zero attached hydrogens (tertiary/aromatic N) is 3. The predicted molar refractivity (Wildman–Crippen MR) is 72.5 cm³/mol. The van der Waals surface area contributed by atoms with Gasteiger partial charge in [-0.2, -0.15) is 0 Å². The third kappa shape index (κ3) is 2.58. The van der Waals surface area contributed by atoms with Crippen LogP contribution in [0.3, 0.4) is 0 Å². The van der Waals surface area contributed by atoms with E-state index >= 15 is 0 Å². The number of aryl methyl sites for hydroxylation is 1. The highest BCUT2D eigenvalue weighted by atomic mass is 79.9. The molecule has 100 valence electrons. The molecular formula is C12H19BrN4O. The summed E-state index contributed by atoms with van der Waals surface area (Å²) in [5.41, 5.74) is 0. The van der Waals surface area contributed by atoms with E-state index in [2.05, 4.69) is 36.0 Å². The minimum Gasteiger partial charge on any atom is -0.345 e. The Morgan fingerprint density at radius 1 is 1.39 bits per heavy atom. The quantitative estimate of drug-likeness (QED) is 0.862. The van der Waals surface area contributed by atoms with Gasteiger partial charge in [0.1, 0.15) is 5.82 Å². The predicted octanol–water partition coefficient (Wildman–Crippen LogP) is 1.82. The van der Waals surface area contributed by atoms with Gasteiger partial charge in [-0.15, -0.1) is 10.2 Å². The standard InChI is InChI=1S/C12H19BrN4O/c1-7(2)10(13)12(18)14-8(3)11-16-15-9-5-4-6-17(9)11/h7-8,10H,4-6H2,1-3H3,(H,14,18). The van der Waals surface area contributed by atoms with Gasteiger partial charge in [0.25, 0.3) is 0 Å². The second-order valence-electron chi connectivity index (χ2n) is 5.11. The number of rotatable bonds is 4. The van der Waals surface area contributed by atoms with Crippen molar-refractivity contribution in [1.82, 2.24) is 20.1 Å². The zero-order chi connectivity index (χ0) is 13.3. The Morgan fingerprint density at radius 2 is 2.11 bits per heavy atom. The highest BCUT2D eigenvalue weighted by Crippen LogP contribution is 2.20. The number of hydrogen-bond acceptors (Lipinski definition) is 3. The molecule has 0 radical (unpaired) electrons. The molecule has 18 heavy (non-hydrogen) atoms. The molecule has 6 heteroatoms. The molecule has 2 unspecified atom stereocenters. The first-order valence-electron chi connectivity index (χ1n) is 6.37. The van der Waals surface area contributed by atoms with Crippen molar-refractivity contribution in [2.75, 3.05) is 0 Å². The molecule has 0 fully saturated rings. The average molecular weight is 315 g/mol. The van der Waals surface area contributed by atoms with E-state index in [0.29, 0.717) is 0 Å². The highest BCUT2D eigenvalue weighted by molar-refractivity contribution is 9.10. The molecule has 2 atom stereocenters. The maximum atomic E-state index is 12.0. The van der Waals surface area contributed by atoms with E-state index < -0.39 is 0 Å². The Labute approximate surface area is 115 Å². The second kappa shape index (κ2) is 5.38. The average Bonchev–Trinajstić information content (AvgIpc) is 2.88. The van der Waals surface area contributed by atoms with Gasteiger partial charge in [-0.3, -0.25) is 4.79 Å². The summed E-state index contributed by atoms with van der Waals surface area (Å²) in [6.07, 6.45) is 2.10. The molecule has 0 saturated carbocycles. The molecule has 1 amide bonds. The first-order valence-corrected chi connectivity index (χ1v) is 7.28. The van der Waals surface area contributed by atoms with Crippen molar-refractivity contribution in [2.24, 2.45) is 5.92 Å². The van der Waals surface area contributed by atoms with Gasteiger partial charge >= 0.3 is 0 Å². The molecule has 1 aromatic rings. The van der Waals surface area contributed by atoms with Gasteiger partial charge in [0.15, 0.2) is 5.82 Å². The normalized spacial score (nSPS) is 17.6. The zero-order valence-electron chi connectivity index (χ0n) is 11.0. The van der Waals surface area contributed by atoms with E-state index in [1.54, 1.807) is 0 Å². The van der Waals surface area contributed by atoms with Crippen LogP contribution in [0, 0.1) is 5.92 Å². The SMILES string of the molecule is CC(NC(=O)C(Br)C(C)C)c1nnc2n1CCC2. The van der Waals surface area contributed by atoms with Gasteiger partial charge in [-0.05, 0) is 19.3 Å². The number of fused-ring (bicyclic) bond motifs is 1. The fraction of sp³-hybridized carbons (Fsp3) is 0.750. The van der Waals surface area contributed by atoms with Crippen LogP contribution in [0.25, 0.3) is 0 Å². The lowest BCUT2D eigenvalue weighted by Crippen LogP contribution is -2.36. The van der Waals surface area contributed by atoms with Gasteiger partial charge in [-0.25, -0.2) is 0 Å². The number of hydrogen-bond donors (Lipinski definition) is 1. The molecular weight excluding hydrogens is 296 g/mol. The molecule has 1 N–H and O–H groups in total. The summed E-state index contributed by atoms with van der Waals surface area (Å²) in [7, 11) is 0. The largest absolute Gasteiger partial charge is 0.345 e. The van der Waals surface area contributed by atoms with Crippen LogP contribution in [0.15, 0.2) is 0 Å². The van der Waals surface area contributed by atoms with Crippen LogP contribution in [0.1, 0.15) is 44.9 Å². The molecule has 0 bridgehead atoms. The number of amides is 1. The van der Waals surface area contributed by atoms with Crippen molar-refractivity contribution < 1.29 is 4.79 Å². The third-order valence-corrected chi connectivity index (χ3v) is 4.69. The van der Waals surface area contributed by atoms with Gasteiger partial charge in [0.2, 0.25) is 5.91 Å². The molecule has 0 aliphatic carbocycles. The van der Waals surface area contributed by atoms with Crippen LogP contribution in [0.2, 0.25) is 0 Å². The zero-order valence-corrected chi connectivity index (χ0v) is 12.6. The molecule has 5 nitrogen and oxygen atoms in total. The molecule has 1 aliphatic rings. The summed E-state index contributed by atoms with van der Waals surface area (Å²) in [5, 5.41) is 11.3. The maximum absolute atomic E-state index is 12.0. The second-order valence-corrected chi connectivity index (χ2v) is 6.09. The van der Waals surface area contributed by atoms with Crippen molar-refractivity contribution in [2.45, 2.75) is 51.0 Å². The van der Waals surface area contributed by atoms with Crippen LogP contribution in [0.4, 0.5) is 0 Å². The Balaban J connectivity index is 2.04. The molecule has 1 aromatic heterocycles. The molecule has 0 saturated heterocycles. The Bertz CT molecular complexity index is 443. The smallest absolute Gasteiger partial charge is 0.234 e. The van der Waals surface area contributed by atoms with Gasteiger partial charge < -0.3 is 9.88 Å². The Hall–Kier alpha value is -0.910. The minimum atomic E-state index is -0.166. The minimum absolute atomic E-state index is 0.00727. The molecule has 0 aromatic carbocycles. The lowest BCUT2D eigenvalue weighted by molar-refractivity contribution is -0.121. The number of halogens is 1. The third-order valence-electron chi connectivity index (χ3n) is 3.22. The van der Waals surface area contributed by atoms with Crippen LogP contribution >= 0.6 is 15.9 Å². The molecule has 2 heterocycles. The van der Waals surface area contributed by atoms with E-state index in [1.807, 2.05) is 20.8 Å². The monoisotopic (exact) mass is 314 g/mol. The first-order chi connectivity index (χ1) is 8.50. The molecule has 2 rings (SSSR count). The topological polar surface area (TPSA) is 59.8 Å². The fourth-order valence-corrected chi connectivity index (χ4v) is 2.29. The number of nitrogens with one attached hydrogen (secondary N) is 1. The van der Waals surface area contributed by atoms with Gasteiger partial charge in [0.05, 0.1) is 10.9 Å². The summed E-state index contributed by atoms with van der Waals surface area (Å²) < 4.78 is 2.11. The van der Waals surface area contributed by atoms with Crippen molar-refractivity contribution in [3.05, 3.63) is 11.6 Å². The van der Waals surface area contributed by atoms with Crippen LogP contribution in [0.5, 0.6) is 0 Å². The van der Waals surface area contributed by atoms with E-state index in [0.717, 1.165) is 31.0 Å². The van der Waals surface area contributed by atoms with Crippen molar-refractivity contribution in [1.29, 1.82) is 0 Å². The Kier molecular flexibility index (Phi) is 4.04. The summed E-state index contributed by atoms with van der Waals surface area (Å²) in [6.45, 7) is 6.93. The fourth-order valence-electron chi connectivity index (χ4n) is 2.15. The summed E-state index contributed by atoms with van der Waals surface area (Å²) in [4.78, 5) is 11.8. The lowest BCUT2D eigenvalue weighted by Gasteiger charge is -2.18.